The first-order chi connectivity index (χ1) is 13.8. The van der Waals surface area contributed by atoms with Crippen molar-refractivity contribution >= 4 is 16.9 Å². The number of carbonyl (C=O) groups excluding carboxylic acids is 1. The summed E-state index contributed by atoms with van der Waals surface area (Å²) >= 11 is 0. The van der Waals surface area contributed by atoms with Gasteiger partial charge in [0.05, 0.1) is 17.6 Å². The Kier molecular flexibility index (Phi) is 4.37. The van der Waals surface area contributed by atoms with E-state index in [1.165, 1.54) is 0 Å². The van der Waals surface area contributed by atoms with E-state index in [0.717, 1.165) is 36.5 Å². The zero-order valence-electron chi connectivity index (χ0n) is 15.5. The van der Waals surface area contributed by atoms with E-state index in [4.69, 9.17) is 9.47 Å². The van der Waals surface area contributed by atoms with Crippen LogP contribution in [0, 0.1) is 0 Å². The van der Waals surface area contributed by atoms with Crippen LogP contribution in [0.5, 0.6) is 11.5 Å². The second-order valence-electron chi connectivity index (χ2n) is 7.17. The summed E-state index contributed by atoms with van der Waals surface area (Å²) in [7, 11) is 0. The number of ether oxygens (including phenoxy) is 2. The van der Waals surface area contributed by atoms with E-state index in [0.29, 0.717) is 24.6 Å². The number of H-pyrrole nitrogens is 1. The number of fused-ring (bicyclic) bond motifs is 2. The molecule has 144 valence electrons. The highest BCUT2D eigenvalue weighted by atomic mass is 16.6. The molecule has 28 heavy (non-hydrogen) atoms. The van der Waals surface area contributed by atoms with Crippen molar-refractivity contribution in [2.45, 2.75) is 12.6 Å². The number of piperazine rings is 1. The molecule has 2 aromatic carbocycles. The summed E-state index contributed by atoms with van der Waals surface area (Å²) in [5.74, 6) is 2.29. The minimum absolute atomic E-state index is 0.00195. The Morgan fingerprint density at radius 3 is 2.61 bits per heavy atom. The Morgan fingerprint density at radius 2 is 1.79 bits per heavy atom. The molecule has 3 heterocycles. The van der Waals surface area contributed by atoms with Crippen molar-refractivity contribution in [1.29, 1.82) is 0 Å². The molecule has 0 bridgehead atoms. The predicted octanol–water partition coefficient (Wildman–Crippen LogP) is 2.05. The van der Waals surface area contributed by atoms with Crippen LogP contribution in [-0.4, -0.2) is 64.6 Å². The molecule has 0 saturated carbocycles. The molecular formula is C21H22N4O3. The van der Waals surface area contributed by atoms with Gasteiger partial charge in [0.15, 0.2) is 11.5 Å². The summed E-state index contributed by atoms with van der Waals surface area (Å²) in [6.45, 7) is 4.00. The van der Waals surface area contributed by atoms with Gasteiger partial charge in [0.2, 0.25) is 6.10 Å². The zero-order valence-corrected chi connectivity index (χ0v) is 15.5. The van der Waals surface area contributed by atoms with E-state index in [1.54, 1.807) is 0 Å². The van der Waals surface area contributed by atoms with Crippen molar-refractivity contribution in [3.63, 3.8) is 0 Å². The van der Waals surface area contributed by atoms with E-state index in [2.05, 4.69) is 14.9 Å². The molecule has 0 radical (unpaired) electrons. The third kappa shape index (κ3) is 3.29. The molecule has 3 aromatic rings. The van der Waals surface area contributed by atoms with Crippen LogP contribution in [-0.2, 0) is 11.3 Å². The number of hydrogen-bond donors (Lipinski definition) is 1. The summed E-state index contributed by atoms with van der Waals surface area (Å²) < 4.78 is 11.5. The summed E-state index contributed by atoms with van der Waals surface area (Å²) in [6, 6.07) is 15.5. The fourth-order valence-electron chi connectivity index (χ4n) is 3.76. The maximum absolute atomic E-state index is 12.8. The summed E-state index contributed by atoms with van der Waals surface area (Å²) in [4.78, 5) is 25.0. The lowest BCUT2D eigenvalue weighted by Gasteiger charge is -2.36. The number of nitrogens with zero attached hydrogens (tertiary/aromatic N) is 3. The van der Waals surface area contributed by atoms with Crippen LogP contribution < -0.4 is 9.47 Å². The average Bonchev–Trinajstić information content (AvgIpc) is 3.16. The van der Waals surface area contributed by atoms with E-state index in [-0.39, 0.29) is 12.5 Å². The predicted molar refractivity (Wildman–Crippen MR) is 104 cm³/mol. The highest BCUT2D eigenvalue weighted by Gasteiger charge is 2.32. The van der Waals surface area contributed by atoms with Crippen molar-refractivity contribution in [2.24, 2.45) is 0 Å². The number of benzene rings is 2. The van der Waals surface area contributed by atoms with E-state index in [9.17, 15) is 4.79 Å². The smallest absolute Gasteiger partial charge is 0.267 e. The van der Waals surface area contributed by atoms with Crippen molar-refractivity contribution in [1.82, 2.24) is 19.8 Å². The molecule has 1 amide bonds. The number of imidazole rings is 1. The third-order valence-corrected chi connectivity index (χ3v) is 5.28. The first-order valence-corrected chi connectivity index (χ1v) is 9.59. The van der Waals surface area contributed by atoms with Gasteiger partial charge in [-0.15, -0.1) is 0 Å². The SMILES string of the molecule is O=C([C@@H]1COc2ccccc2O1)N1CCN(Cc2nc3ccccc3[nH]2)CC1. The average molecular weight is 378 g/mol. The molecule has 0 spiro atoms. The van der Waals surface area contributed by atoms with Gasteiger partial charge in [-0.05, 0) is 24.3 Å². The Hall–Kier alpha value is -3.06. The number of rotatable bonds is 3. The number of para-hydroxylation sites is 4. The molecule has 1 saturated heterocycles. The lowest BCUT2D eigenvalue weighted by molar-refractivity contribution is -0.143. The Bertz CT molecular complexity index is 961. The topological polar surface area (TPSA) is 70.7 Å². The number of aromatic amines is 1. The standard InChI is InChI=1S/C21H22N4O3/c26-21(19-14-27-17-7-3-4-8-18(17)28-19)25-11-9-24(10-12-25)13-20-22-15-5-1-2-6-16(15)23-20/h1-8,19H,9-14H2,(H,22,23)/t19-/m0/s1. The Morgan fingerprint density at radius 1 is 1.04 bits per heavy atom. The summed E-state index contributed by atoms with van der Waals surface area (Å²) in [5.41, 5.74) is 2.04. The van der Waals surface area contributed by atoms with Gasteiger partial charge >= 0.3 is 0 Å². The Labute approximate surface area is 162 Å². The number of aromatic nitrogens is 2. The van der Waals surface area contributed by atoms with E-state index < -0.39 is 6.10 Å². The maximum atomic E-state index is 12.8. The normalized spacial score (nSPS) is 19.7. The minimum atomic E-state index is -0.572. The number of hydrogen-bond acceptors (Lipinski definition) is 5. The molecule has 0 unspecified atom stereocenters. The molecule has 7 heteroatoms. The van der Waals surface area contributed by atoms with Crippen LogP contribution in [0.25, 0.3) is 11.0 Å². The molecule has 1 fully saturated rings. The largest absolute Gasteiger partial charge is 0.485 e. The van der Waals surface area contributed by atoms with Crippen LogP contribution in [0.3, 0.4) is 0 Å². The van der Waals surface area contributed by atoms with Crippen LogP contribution in [0.2, 0.25) is 0 Å². The lowest BCUT2D eigenvalue weighted by atomic mass is 10.2. The number of nitrogens with one attached hydrogen (secondary N) is 1. The second-order valence-corrected chi connectivity index (χ2v) is 7.17. The quantitative estimate of drug-likeness (QED) is 0.755. The van der Waals surface area contributed by atoms with Gasteiger partial charge in [0.25, 0.3) is 5.91 Å². The molecule has 1 N–H and O–H groups in total. The van der Waals surface area contributed by atoms with Crippen molar-refractivity contribution in [2.75, 3.05) is 32.8 Å². The molecule has 2 aliphatic rings. The van der Waals surface area contributed by atoms with Crippen LogP contribution in [0.4, 0.5) is 0 Å². The van der Waals surface area contributed by atoms with E-state index >= 15 is 0 Å². The Balaban J connectivity index is 1.17. The minimum Gasteiger partial charge on any atom is -0.485 e. The number of carbonyl (C=O) groups is 1. The van der Waals surface area contributed by atoms with Gasteiger partial charge < -0.3 is 19.4 Å². The van der Waals surface area contributed by atoms with Crippen molar-refractivity contribution < 1.29 is 14.3 Å². The fraction of sp³-hybridized carbons (Fsp3) is 0.333. The van der Waals surface area contributed by atoms with Crippen molar-refractivity contribution in [3.05, 3.63) is 54.4 Å². The highest BCUT2D eigenvalue weighted by molar-refractivity contribution is 5.82. The van der Waals surface area contributed by atoms with Gasteiger partial charge in [0.1, 0.15) is 12.4 Å². The second kappa shape index (κ2) is 7.16. The third-order valence-electron chi connectivity index (χ3n) is 5.28. The maximum Gasteiger partial charge on any atom is 0.267 e. The summed E-state index contributed by atoms with van der Waals surface area (Å²) in [6.07, 6.45) is -0.572. The monoisotopic (exact) mass is 378 g/mol. The summed E-state index contributed by atoms with van der Waals surface area (Å²) in [5, 5.41) is 0. The van der Waals surface area contributed by atoms with Crippen molar-refractivity contribution in [3.8, 4) is 11.5 Å². The molecule has 5 rings (SSSR count). The molecule has 1 atom stereocenters. The van der Waals surface area contributed by atoms with Crippen LogP contribution >= 0.6 is 0 Å². The number of amides is 1. The fourth-order valence-corrected chi connectivity index (χ4v) is 3.76. The highest BCUT2D eigenvalue weighted by Crippen LogP contribution is 2.31. The zero-order chi connectivity index (χ0) is 18.9. The first kappa shape index (κ1) is 17.1. The van der Waals surface area contributed by atoms with Gasteiger partial charge in [-0.3, -0.25) is 9.69 Å². The molecular weight excluding hydrogens is 356 g/mol. The van der Waals surface area contributed by atoms with Crippen LogP contribution in [0.1, 0.15) is 5.82 Å². The lowest BCUT2D eigenvalue weighted by Crippen LogP contribution is -2.53. The molecule has 7 nitrogen and oxygen atoms in total. The first-order valence-electron chi connectivity index (χ1n) is 9.59. The van der Waals surface area contributed by atoms with Gasteiger partial charge in [-0.1, -0.05) is 24.3 Å². The molecule has 1 aromatic heterocycles. The van der Waals surface area contributed by atoms with E-state index in [1.807, 2.05) is 53.4 Å². The van der Waals surface area contributed by atoms with Gasteiger partial charge in [-0.25, -0.2) is 4.98 Å². The van der Waals surface area contributed by atoms with Crippen LogP contribution in [0.15, 0.2) is 48.5 Å². The molecule has 2 aliphatic heterocycles. The van der Waals surface area contributed by atoms with Gasteiger partial charge in [0, 0.05) is 26.2 Å². The molecule has 0 aliphatic carbocycles. The van der Waals surface area contributed by atoms with Gasteiger partial charge in [-0.2, -0.15) is 0 Å².